The summed E-state index contributed by atoms with van der Waals surface area (Å²) in [5, 5.41) is 21.0. The van der Waals surface area contributed by atoms with Gasteiger partial charge in [-0.05, 0) is 37.3 Å². The molecule has 0 bridgehead atoms. The van der Waals surface area contributed by atoms with E-state index in [4.69, 9.17) is 10.2 Å². The Labute approximate surface area is 115 Å². The third-order valence-corrected chi connectivity index (χ3v) is 2.83. The van der Waals surface area contributed by atoms with Crippen LogP contribution in [0.1, 0.15) is 26.3 Å². The van der Waals surface area contributed by atoms with E-state index < -0.39 is 11.9 Å². The summed E-state index contributed by atoms with van der Waals surface area (Å²) in [6.45, 7) is 1.94. The van der Waals surface area contributed by atoms with Crippen LogP contribution in [-0.4, -0.2) is 22.2 Å². The predicted octanol–water partition coefficient (Wildman–Crippen LogP) is 3.14. The number of aromatic carboxylic acids is 2. The number of hydrogen-bond donors (Lipinski definition) is 3. The number of nitrogens with one attached hydrogen (secondary N) is 1. The first-order valence-electron chi connectivity index (χ1n) is 5.91. The van der Waals surface area contributed by atoms with Gasteiger partial charge in [0.1, 0.15) is 0 Å². The molecule has 20 heavy (non-hydrogen) atoms. The molecule has 2 aromatic carbocycles. The van der Waals surface area contributed by atoms with Gasteiger partial charge in [0.2, 0.25) is 0 Å². The molecule has 2 rings (SSSR count). The van der Waals surface area contributed by atoms with Gasteiger partial charge in [-0.1, -0.05) is 17.7 Å². The van der Waals surface area contributed by atoms with Crippen LogP contribution in [0.3, 0.4) is 0 Å². The van der Waals surface area contributed by atoms with E-state index in [1.807, 2.05) is 19.1 Å². The Balaban J connectivity index is 2.41. The van der Waals surface area contributed by atoms with E-state index in [-0.39, 0.29) is 16.8 Å². The molecular weight excluding hydrogens is 258 g/mol. The second kappa shape index (κ2) is 5.44. The van der Waals surface area contributed by atoms with Crippen LogP contribution in [0.2, 0.25) is 0 Å². The van der Waals surface area contributed by atoms with Gasteiger partial charge < -0.3 is 15.5 Å². The summed E-state index contributed by atoms with van der Waals surface area (Å²) in [6.07, 6.45) is 0. The lowest BCUT2D eigenvalue weighted by molar-refractivity contribution is 0.0682. The third-order valence-electron chi connectivity index (χ3n) is 2.83. The Morgan fingerprint density at radius 3 is 2.15 bits per heavy atom. The fourth-order valence-corrected chi connectivity index (χ4v) is 1.76. The highest BCUT2D eigenvalue weighted by Gasteiger charge is 2.13. The number of benzene rings is 2. The molecule has 0 atom stereocenters. The Bertz CT molecular complexity index is 662. The van der Waals surface area contributed by atoms with E-state index in [9.17, 15) is 9.59 Å². The smallest absolute Gasteiger partial charge is 0.337 e. The maximum atomic E-state index is 11.2. The van der Waals surface area contributed by atoms with Crippen LogP contribution in [0.25, 0.3) is 0 Å². The summed E-state index contributed by atoms with van der Waals surface area (Å²) in [5.74, 6) is -2.22. The Morgan fingerprint density at radius 2 is 1.60 bits per heavy atom. The summed E-state index contributed by atoms with van der Waals surface area (Å²) in [5.41, 5.74) is 2.08. The van der Waals surface area contributed by atoms with Crippen LogP contribution >= 0.6 is 0 Å². The standard InChI is InChI=1S/C15H13NO4/c1-9-2-5-11(6-3-9)16-13-8-10(14(17)18)4-7-12(13)15(19)20/h2-8,16H,1H3,(H,17,18)(H,19,20). The fourth-order valence-electron chi connectivity index (χ4n) is 1.76. The minimum Gasteiger partial charge on any atom is -0.478 e. The van der Waals surface area contributed by atoms with Crippen LogP contribution in [0, 0.1) is 6.92 Å². The highest BCUT2D eigenvalue weighted by molar-refractivity contribution is 5.98. The van der Waals surface area contributed by atoms with Gasteiger partial charge in [0, 0.05) is 5.69 Å². The van der Waals surface area contributed by atoms with Crippen LogP contribution in [0.5, 0.6) is 0 Å². The SMILES string of the molecule is Cc1ccc(Nc2cc(C(=O)O)ccc2C(=O)O)cc1. The van der Waals surface area contributed by atoms with Crippen molar-refractivity contribution in [3.63, 3.8) is 0 Å². The molecular formula is C15H13NO4. The molecule has 102 valence electrons. The minimum atomic E-state index is -1.11. The van der Waals surface area contributed by atoms with Gasteiger partial charge in [-0.3, -0.25) is 0 Å². The van der Waals surface area contributed by atoms with Crippen LogP contribution < -0.4 is 5.32 Å². The average Bonchev–Trinajstić information content (AvgIpc) is 2.41. The normalized spacial score (nSPS) is 10.1. The number of rotatable bonds is 4. The van der Waals surface area contributed by atoms with Gasteiger partial charge in [0.15, 0.2) is 0 Å². The quantitative estimate of drug-likeness (QED) is 0.795. The number of carboxylic acid groups (broad SMARTS) is 2. The number of anilines is 2. The molecule has 5 heteroatoms. The van der Waals surface area contributed by atoms with Crippen LogP contribution in [0.15, 0.2) is 42.5 Å². The van der Waals surface area contributed by atoms with Crippen LogP contribution in [-0.2, 0) is 0 Å². The summed E-state index contributed by atoms with van der Waals surface area (Å²) < 4.78 is 0. The molecule has 0 heterocycles. The van der Waals surface area contributed by atoms with E-state index in [1.165, 1.54) is 18.2 Å². The van der Waals surface area contributed by atoms with E-state index in [1.54, 1.807) is 12.1 Å². The first-order chi connectivity index (χ1) is 9.47. The lowest BCUT2D eigenvalue weighted by Crippen LogP contribution is -2.05. The second-order valence-corrected chi connectivity index (χ2v) is 4.36. The third kappa shape index (κ3) is 2.95. The van der Waals surface area contributed by atoms with Crippen molar-refractivity contribution in [2.24, 2.45) is 0 Å². The van der Waals surface area contributed by atoms with Gasteiger partial charge in [-0.2, -0.15) is 0 Å². The average molecular weight is 271 g/mol. The molecule has 0 fully saturated rings. The number of carboxylic acids is 2. The van der Waals surface area contributed by atoms with E-state index in [0.29, 0.717) is 5.69 Å². The molecule has 0 aliphatic rings. The first-order valence-corrected chi connectivity index (χ1v) is 5.91. The predicted molar refractivity (Wildman–Crippen MR) is 74.8 cm³/mol. The Kier molecular flexibility index (Phi) is 3.70. The van der Waals surface area contributed by atoms with E-state index in [0.717, 1.165) is 5.56 Å². The molecule has 0 amide bonds. The molecule has 0 aliphatic carbocycles. The fraction of sp³-hybridized carbons (Fsp3) is 0.0667. The van der Waals surface area contributed by atoms with Crippen LogP contribution in [0.4, 0.5) is 11.4 Å². The molecule has 0 saturated carbocycles. The maximum Gasteiger partial charge on any atom is 0.337 e. The zero-order valence-corrected chi connectivity index (χ0v) is 10.8. The largest absolute Gasteiger partial charge is 0.478 e. The molecule has 0 spiro atoms. The molecule has 0 unspecified atom stereocenters. The van der Waals surface area contributed by atoms with Gasteiger partial charge in [0.05, 0.1) is 16.8 Å². The van der Waals surface area contributed by atoms with Crippen molar-refractivity contribution in [1.29, 1.82) is 0 Å². The first kappa shape index (κ1) is 13.6. The number of carbonyl (C=O) groups is 2. The summed E-state index contributed by atoms with van der Waals surface area (Å²) in [6, 6.07) is 11.2. The minimum absolute atomic E-state index is 0.0237. The van der Waals surface area contributed by atoms with Crippen molar-refractivity contribution in [3.05, 3.63) is 59.2 Å². The maximum absolute atomic E-state index is 11.2. The van der Waals surface area contributed by atoms with Crippen molar-refractivity contribution >= 4 is 23.3 Å². The topological polar surface area (TPSA) is 86.6 Å². The van der Waals surface area contributed by atoms with E-state index >= 15 is 0 Å². The van der Waals surface area contributed by atoms with E-state index in [2.05, 4.69) is 5.32 Å². The molecule has 5 nitrogen and oxygen atoms in total. The van der Waals surface area contributed by atoms with Gasteiger partial charge in [0.25, 0.3) is 0 Å². The van der Waals surface area contributed by atoms with Gasteiger partial charge in [-0.15, -0.1) is 0 Å². The zero-order chi connectivity index (χ0) is 14.7. The zero-order valence-electron chi connectivity index (χ0n) is 10.8. The molecule has 0 radical (unpaired) electrons. The summed E-state index contributed by atoms with van der Waals surface area (Å²) >= 11 is 0. The van der Waals surface area contributed by atoms with Gasteiger partial charge >= 0.3 is 11.9 Å². The molecule has 3 N–H and O–H groups in total. The van der Waals surface area contributed by atoms with Crippen molar-refractivity contribution in [1.82, 2.24) is 0 Å². The van der Waals surface area contributed by atoms with Gasteiger partial charge in [-0.25, -0.2) is 9.59 Å². The summed E-state index contributed by atoms with van der Waals surface area (Å²) in [4.78, 5) is 22.1. The van der Waals surface area contributed by atoms with Crippen molar-refractivity contribution in [2.75, 3.05) is 5.32 Å². The molecule has 0 saturated heterocycles. The van der Waals surface area contributed by atoms with Crippen molar-refractivity contribution in [2.45, 2.75) is 6.92 Å². The summed E-state index contributed by atoms with van der Waals surface area (Å²) in [7, 11) is 0. The number of hydrogen-bond acceptors (Lipinski definition) is 3. The molecule has 0 aliphatic heterocycles. The Morgan fingerprint density at radius 1 is 0.950 bits per heavy atom. The monoisotopic (exact) mass is 271 g/mol. The molecule has 0 aromatic heterocycles. The lowest BCUT2D eigenvalue weighted by Gasteiger charge is -2.11. The second-order valence-electron chi connectivity index (χ2n) is 4.36. The van der Waals surface area contributed by atoms with Crippen molar-refractivity contribution < 1.29 is 19.8 Å². The van der Waals surface area contributed by atoms with Crippen molar-refractivity contribution in [3.8, 4) is 0 Å². The highest BCUT2D eigenvalue weighted by Crippen LogP contribution is 2.23. The lowest BCUT2D eigenvalue weighted by atomic mass is 10.1. The number of aryl methyl sites for hydroxylation is 1. The Hall–Kier alpha value is -2.82. The highest BCUT2D eigenvalue weighted by atomic mass is 16.4. The molecule has 2 aromatic rings.